The summed E-state index contributed by atoms with van der Waals surface area (Å²) in [7, 11) is 0. The first kappa shape index (κ1) is 11.7. The van der Waals surface area contributed by atoms with Crippen LogP contribution in [0.25, 0.3) is 0 Å². The second kappa shape index (κ2) is 4.09. The van der Waals surface area contributed by atoms with Gasteiger partial charge < -0.3 is 10.2 Å². The normalized spacial score (nSPS) is 30.3. The van der Waals surface area contributed by atoms with Crippen LogP contribution in [0.4, 0.5) is 5.69 Å². The standard InChI is InChI=1S/C15H20N2O/c1-15(2)12-10-16-9-8-13(12)17(14(15)18)11-6-4-3-5-7-11/h3-7,12-13,16H,8-10H2,1-2H3. The number of hydrogen-bond acceptors (Lipinski definition) is 2. The molecule has 0 aliphatic carbocycles. The summed E-state index contributed by atoms with van der Waals surface area (Å²) < 4.78 is 0. The van der Waals surface area contributed by atoms with Crippen LogP contribution >= 0.6 is 0 Å². The van der Waals surface area contributed by atoms with Gasteiger partial charge in [0.05, 0.1) is 5.41 Å². The van der Waals surface area contributed by atoms with Gasteiger partial charge in [0.15, 0.2) is 0 Å². The highest BCUT2D eigenvalue weighted by atomic mass is 16.2. The van der Waals surface area contributed by atoms with Crippen LogP contribution in [0.1, 0.15) is 20.3 Å². The summed E-state index contributed by atoms with van der Waals surface area (Å²) in [4.78, 5) is 14.7. The van der Waals surface area contributed by atoms with Crippen LogP contribution in [0.5, 0.6) is 0 Å². The SMILES string of the molecule is CC1(C)C(=O)N(c2ccccc2)C2CCNCC21. The number of fused-ring (bicyclic) bond motifs is 1. The molecule has 1 N–H and O–H groups in total. The van der Waals surface area contributed by atoms with Crippen LogP contribution < -0.4 is 10.2 Å². The van der Waals surface area contributed by atoms with Crippen molar-refractivity contribution in [3.05, 3.63) is 30.3 Å². The number of benzene rings is 1. The molecule has 96 valence electrons. The first-order valence-corrected chi connectivity index (χ1v) is 6.72. The molecule has 2 aliphatic heterocycles. The third kappa shape index (κ3) is 1.57. The van der Waals surface area contributed by atoms with Crippen LogP contribution in [0.3, 0.4) is 0 Å². The highest BCUT2D eigenvalue weighted by molar-refractivity contribution is 6.00. The molecule has 18 heavy (non-hydrogen) atoms. The van der Waals surface area contributed by atoms with E-state index in [1.807, 2.05) is 35.2 Å². The number of nitrogens with one attached hydrogen (secondary N) is 1. The fraction of sp³-hybridized carbons (Fsp3) is 0.533. The van der Waals surface area contributed by atoms with Crippen LogP contribution in [0, 0.1) is 11.3 Å². The lowest BCUT2D eigenvalue weighted by Gasteiger charge is -2.33. The Balaban J connectivity index is 2.02. The molecular weight excluding hydrogens is 224 g/mol. The van der Waals surface area contributed by atoms with E-state index in [1.165, 1.54) is 0 Å². The zero-order valence-electron chi connectivity index (χ0n) is 11.0. The molecule has 3 rings (SSSR count). The molecule has 2 atom stereocenters. The number of rotatable bonds is 1. The molecule has 0 bridgehead atoms. The van der Waals surface area contributed by atoms with Crippen molar-refractivity contribution in [2.75, 3.05) is 18.0 Å². The summed E-state index contributed by atoms with van der Waals surface area (Å²) in [6.45, 7) is 6.13. The summed E-state index contributed by atoms with van der Waals surface area (Å²) in [6.07, 6.45) is 1.05. The zero-order valence-corrected chi connectivity index (χ0v) is 11.0. The maximum atomic E-state index is 12.7. The van der Waals surface area contributed by atoms with Crippen molar-refractivity contribution in [3.8, 4) is 0 Å². The lowest BCUT2D eigenvalue weighted by molar-refractivity contribution is -0.125. The van der Waals surface area contributed by atoms with Crippen LogP contribution in [0.2, 0.25) is 0 Å². The predicted molar refractivity (Wildman–Crippen MR) is 72.5 cm³/mol. The van der Waals surface area contributed by atoms with Gasteiger partial charge in [-0.1, -0.05) is 32.0 Å². The third-order valence-electron chi connectivity index (χ3n) is 4.51. The van der Waals surface area contributed by atoms with E-state index < -0.39 is 0 Å². The molecule has 1 aromatic carbocycles. The largest absolute Gasteiger partial charge is 0.316 e. The van der Waals surface area contributed by atoms with Gasteiger partial charge in [0, 0.05) is 24.2 Å². The van der Waals surface area contributed by atoms with Crippen molar-refractivity contribution in [2.45, 2.75) is 26.3 Å². The molecule has 2 fully saturated rings. The molecule has 3 heteroatoms. The molecule has 0 saturated carbocycles. The van der Waals surface area contributed by atoms with E-state index in [9.17, 15) is 4.79 Å². The molecule has 2 heterocycles. The van der Waals surface area contributed by atoms with E-state index in [1.54, 1.807) is 0 Å². The summed E-state index contributed by atoms with van der Waals surface area (Å²) in [5.74, 6) is 0.686. The molecule has 2 unspecified atom stereocenters. The second-order valence-corrected chi connectivity index (χ2v) is 5.90. The fourth-order valence-corrected chi connectivity index (χ4v) is 3.41. The van der Waals surface area contributed by atoms with Gasteiger partial charge in [0.2, 0.25) is 5.91 Å². The van der Waals surface area contributed by atoms with Gasteiger partial charge in [-0.05, 0) is 25.1 Å². The molecule has 1 amide bonds. The van der Waals surface area contributed by atoms with Gasteiger partial charge in [-0.15, -0.1) is 0 Å². The number of piperidine rings is 1. The molecule has 3 nitrogen and oxygen atoms in total. The van der Waals surface area contributed by atoms with E-state index in [2.05, 4.69) is 19.2 Å². The zero-order chi connectivity index (χ0) is 12.8. The monoisotopic (exact) mass is 244 g/mol. The van der Waals surface area contributed by atoms with Crippen molar-refractivity contribution in [1.82, 2.24) is 5.32 Å². The van der Waals surface area contributed by atoms with Crippen molar-refractivity contribution < 1.29 is 4.79 Å². The van der Waals surface area contributed by atoms with E-state index in [4.69, 9.17) is 0 Å². The number of amides is 1. The van der Waals surface area contributed by atoms with Gasteiger partial charge in [0.25, 0.3) is 0 Å². The van der Waals surface area contributed by atoms with Crippen LogP contribution in [-0.4, -0.2) is 25.0 Å². The smallest absolute Gasteiger partial charge is 0.233 e. The van der Waals surface area contributed by atoms with Gasteiger partial charge in [0.1, 0.15) is 0 Å². The number of hydrogen-bond donors (Lipinski definition) is 1. The highest BCUT2D eigenvalue weighted by Gasteiger charge is 2.54. The van der Waals surface area contributed by atoms with Crippen LogP contribution in [0.15, 0.2) is 30.3 Å². The maximum Gasteiger partial charge on any atom is 0.233 e. The Kier molecular flexibility index (Phi) is 2.67. The molecule has 0 aromatic heterocycles. The average Bonchev–Trinajstić information content (AvgIpc) is 2.60. The first-order valence-electron chi connectivity index (χ1n) is 6.72. The Hall–Kier alpha value is -1.35. The Morgan fingerprint density at radius 2 is 2.00 bits per heavy atom. The van der Waals surface area contributed by atoms with Crippen molar-refractivity contribution in [2.24, 2.45) is 11.3 Å². The predicted octanol–water partition coefficient (Wildman–Crippen LogP) is 2.04. The fourth-order valence-electron chi connectivity index (χ4n) is 3.41. The van der Waals surface area contributed by atoms with Gasteiger partial charge in [-0.2, -0.15) is 0 Å². The lowest BCUT2D eigenvalue weighted by Crippen LogP contribution is -2.45. The minimum Gasteiger partial charge on any atom is -0.316 e. The molecular formula is C15H20N2O. The Morgan fingerprint density at radius 1 is 1.28 bits per heavy atom. The summed E-state index contributed by atoms with van der Waals surface area (Å²) >= 11 is 0. The maximum absolute atomic E-state index is 12.7. The van der Waals surface area contributed by atoms with E-state index >= 15 is 0 Å². The minimum absolute atomic E-state index is 0.256. The van der Waals surface area contributed by atoms with E-state index in [-0.39, 0.29) is 11.3 Å². The third-order valence-corrected chi connectivity index (χ3v) is 4.51. The van der Waals surface area contributed by atoms with E-state index in [0.717, 1.165) is 25.2 Å². The van der Waals surface area contributed by atoms with Gasteiger partial charge in [-0.25, -0.2) is 0 Å². The van der Waals surface area contributed by atoms with Crippen LogP contribution in [-0.2, 0) is 4.79 Å². The summed E-state index contributed by atoms with van der Waals surface area (Å²) in [5, 5.41) is 3.43. The Labute approximate surface area is 108 Å². The molecule has 2 saturated heterocycles. The number of para-hydroxylation sites is 1. The topological polar surface area (TPSA) is 32.3 Å². The molecule has 0 radical (unpaired) electrons. The van der Waals surface area contributed by atoms with Gasteiger partial charge >= 0.3 is 0 Å². The number of anilines is 1. The number of carbonyl (C=O) groups excluding carboxylic acids is 1. The average molecular weight is 244 g/mol. The van der Waals surface area contributed by atoms with Crippen molar-refractivity contribution >= 4 is 11.6 Å². The summed E-state index contributed by atoms with van der Waals surface area (Å²) in [6, 6.07) is 10.4. The second-order valence-electron chi connectivity index (χ2n) is 5.90. The number of nitrogens with zero attached hydrogens (tertiary/aromatic N) is 1. The lowest BCUT2D eigenvalue weighted by atomic mass is 9.76. The Morgan fingerprint density at radius 3 is 2.72 bits per heavy atom. The van der Waals surface area contributed by atoms with E-state index in [0.29, 0.717) is 12.0 Å². The molecule has 0 spiro atoms. The molecule has 1 aromatic rings. The van der Waals surface area contributed by atoms with Crippen molar-refractivity contribution in [3.63, 3.8) is 0 Å². The Bertz CT molecular complexity index is 455. The minimum atomic E-state index is -0.256. The van der Waals surface area contributed by atoms with Gasteiger partial charge in [-0.3, -0.25) is 4.79 Å². The summed E-state index contributed by atoms with van der Waals surface area (Å²) in [5.41, 5.74) is 0.790. The first-order chi connectivity index (χ1) is 8.62. The molecule has 2 aliphatic rings. The quantitative estimate of drug-likeness (QED) is 0.820. The van der Waals surface area contributed by atoms with Crippen molar-refractivity contribution in [1.29, 1.82) is 0 Å². The number of carbonyl (C=O) groups is 1. The highest BCUT2D eigenvalue weighted by Crippen LogP contribution is 2.45.